The molecule has 5 nitrogen and oxygen atoms in total. The van der Waals surface area contributed by atoms with Crippen LogP contribution >= 0.6 is 11.8 Å². The van der Waals surface area contributed by atoms with Gasteiger partial charge in [0.15, 0.2) is 0 Å². The summed E-state index contributed by atoms with van der Waals surface area (Å²) >= 11 is 1.48. The Labute approximate surface area is 128 Å². The molecule has 1 unspecified atom stereocenters. The summed E-state index contributed by atoms with van der Waals surface area (Å²) in [6.45, 7) is 3.80. The van der Waals surface area contributed by atoms with E-state index in [2.05, 4.69) is 5.32 Å². The molecular weight excluding hydrogens is 310 g/mol. The van der Waals surface area contributed by atoms with Crippen LogP contribution in [0.4, 0.5) is 0 Å². The predicted octanol–water partition coefficient (Wildman–Crippen LogP) is 1.45. The van der Waals surface area contributed by atoms with Crippen molar-refractivity contribution in [3.05, 3.63) is 41.5 Å². The molecule has 1 atom stereocenters. The summed E-state index contributed by atoms with van der Waals surface area (Å²) in [6.07, 6.45) is 2.89. The standard InChI is InChI=1S/C7H9NOS.C7H8O3S/c9-7-3-5-4-8-2-1-6(5)10-7;1-6-2-4-7(5-3-6)11(8,9)10/h3,6,8H,1-2,4H2;2-5H,1H3,(H,8,9,10)/p-1. The lowest BCUT2D eigenvalue weighted by atomic mass is 10.1. The number of hydrogen-bond acceptors (Lipinski definition) is 6. The van der Waals surface area contributed by atoms with E-state index >= 15 is 0 Å². The van der Waals surface area contributed by atoms with Crippen molar-refractivity contribution in [3.8, 4) is 0 Å². The van der Waals surface area contributed by atoms with Crippen molar-refractivity contribution < 1.29 is 17.8 Å². The molecule has 21 heavy (non-hydrogen) atoms. The quantitative estimate of drug-likeness (QED) is 0.786. The minimum Gasteiger partial charge on any atom is -0.744 e. The average Bonchev–Trinajstić information content (AvgIpc) is 2.79. The summed E-state index contributed by atoms with van der Waals surface area (Å²) in [4.78, 5) is 10.7. The zero-order valence-electron chi connectivity index (χ0n) is 11.5. The summed E-state index contributed by atoms with van der Waals surface area (Å²) in [5, 5.41) is 3.99. The van der Waals surface area contributed by atoms with Gasteiger partial charge in [0.25, 0.3) is 0 Å². The molecule has 2 heterocycles. The molecule has 0 radical (unpaired) electrons. The van der Waals surface area contributed by atoms with E-state index in [0.29, 0.717) is 5.25 Å². The predicted molar refractivity (Wildman–Crippen MR) is 81.1 cm³/mol. The van der Waals surface area contributed by atoms with Crippen LogP contribution in [0.25, 0.3) is 0 Å². The van der Waals surface area contributed by atoms with Gasteiger partial charge in [-0.2, -0.15) is 0 Å². The van der Waals surface area contributed by atoms with E-state index in [-0.39, 0.29) is 10.0 Å². The molecule has 2 aliphatic heterocycles. The van der Waals surface area contributed by atoms with Crippen LogP contribution in [0.3, 0.4) is 0 Å². The number of thioether (sulfide) groups is 1. The molecule has 1 N–H and O–H groups in total. The van der Waals surface area contributed by atoms with Gasteiger partial charge in [0.1, 0.15) is 10.1 Å². The van der Waals surface area contributed by atoms with Crippen molar-refractivity contribution in [2.24, 2.45) is 0 Å². The zero-order valence-corrected chi connectivity index (χ0v) is 13.2. The van der Waals surface area contributed by atoms with E-state index in [0.717, 1.165) is 25.1 Å². The second kappa shape index (κ2) is 6.74. The molecule has 7 heteroatoms. The zero-order chi connectivity index (χ0) is 15.5. The summed E-state index contributed by atoms with van der Waals surface area (Å²) in [5.74, 6) is 0. The Kier molecular flexibility index (Phi) is 5.21. The number of piperidine rings is 1. The molecule has 1 fully saturated rings. The molecule has 114 valence electrons. The second-order valence-corrected chi connectivity index (χ2v) is 7.46. The maximum atomic E-state index is 10.9. The average molecular weight is 326 g/mol. The van der Waals surface area contributed by atoms with Crippen LogP contribution in [0, 0.1) is 6.92 Å². The highest BCUT2D eigenvalue weighted by atomic mass is 32.2. The van der Waals surface area contributed by atoms with E-state index in [9.17, 15) is 17.8 Å². The van der Waals surface area contributed by atoms with E-state index in [1.54, 1.807) is 18.2 Å². The van der Waals surface area contributed by atoms with E-state index in [1.807, 2.05) is 6.92 Å². The molecule has 3 rings (SSSR count). The van der Waals surface area contributed by atoms with Gasteiger partial charge in [-0.1, -0.05) is 29.5 Å². The Morgan fingerprint density at radius 1 is 1.29 bits per heavy atom. The number of carbonyl (C=O) groups is 1. The molecule has 1 saturated heterocycles. The topological polar surface area (TPSA) is 86.3 Å². The lowest BCUT2D eigenvalue weighted by Crippen LogP contribution is -2.30. The first-order chi connectivity index (χ1) is 9.86. The van der Waals surface area contributed by atoms with E-state index in [4.69, 9.17) is 0 Å². The SMILES string of the molecule is Cc1ccc(S(=O)(=O)[O-])cc1.O=C1C=C2CNCCC2S1. The molecule has 1 aromatic rings. The van der Waals surface area contributed by atoms with Gasteiger partial charge in [0.2, 0.25) is 5.12 Å². The van der Waals surface area contributed by atoms with Crippen LogP contribution in [0.15, 0.2) is 40.8 Å². The van der Waals surface area contributed by atoms with Crippen LogP contribution in [-0.4, -0.2) is 36.4 Å². The van der Waals surface area contributed by atoms with Crippen molar-refractivity contribution in [3.63, 3.8) is 0 Å². The normalized spacial score (nSPS) is 21.1. The first-order valence-corrected chi connectivity index (χ1v) is 8.79. The summed E-state index contributed by atoms with van der Waals surface area (Å²) in [6, 6.07) is 5.78. The van der Waals surface area contributed by atoms with Crippen LogP contribution in [0.2, 0.25) is 0 Å². The van der Waals surface area contributed by atoms with E-state index < -0.39 is 10.1 Å². The maximum absolute atomic E-state index is 10.9. The Hall–Kier alpha value is -1.15. The molecule has 1 aromatic carbocycles. The first-order valence-electron chi connectivity index (χ1n) is 6.50. The fourth-order valence-corrected chi connectivity index (χ4v) is 3.58. The fraction of sp³-hybridized carbons (Fsp3) is 0.357. The second-order valence-electron chi connectivity index (χ2n) is 4.88. The maximum Gasteiger partial charge on any atom is 0.212 e. The third kappa shape index (κ3) is 4.67. The monoisotopic (exact) mass is 326 g/mol. The van der Waals surface area contributed by atoms with Crippen LogP contribution in [0.5, 0.6) is 0 Å². The van der Waals surface area contributed by atoms with Crippen molar-refractivity contribution in [1.29, 1.82) is 0 Å². The molecule has 0 saturated carbocycles. The smallest absolute Gasteiger partial charge is 0.212 e. The minimum atomic E-state index is -4.27. The fourth-order valence-electron chi connectivity index (χ4n) is 2.07. The number of hydrogen-bond donors (Lipinski definition) is 1. The number of carbonyl (C=O) groups excluding carboxylic acids is 1. The highest BCUT2D eigenvalue weighted by molar-refractivity contribution is 8.15. The third-order valence-corrected chi connectivity index (χ3v) is 5.22. The van der Waals surface area contributed by atoms with Gasteiger partial charge in [0, 0.05) is 11.8 Å². The van der Waals surface area contributed by atoms with Crippen molar-refractivity contribution in [2.75, 3.05) is 13.1 Å². The largest absolute Gasteiger partial charge is 0.744 e. The van der Waals surface area contributed by atoms with Gasteiger partial charge in [-0.25, -0.2) is 8.42 Å². The molecule has 2 aliphatic rings. The minimum absolute atomic E-state index is 0.178. The summed E-state index contributed by atoms with van der Waals surface area (Å²) < 4.78 is 31.2. The molecule has 0 spiro atoms. The number of rotatable bonds is 1. The van der Waals surface area contributed by atoms with Crippen LogP contribution in [0.1, 0.15) is 12.0 Å². The summed E-state index contributed by atoms with van der Waals surface area (Å²) in [5.41, 5.74) is 2.22. The van der Waals surface area contributed by atoms with Gasteiger partial charge in [-0.3, -0.25) is 4.79 Å². The number of fused-ring (bicyclic) bond motifs is 1. The van der Waals surface area contributed by atoms with E-state index in [1.165, 1.54) is 29.5 Å². The van der Waals surface area contributed by atoms with Crippen molar-refractivity contribution in [2.45, 2.75) is 23.5 Å². The summed E-state index contributed by atoms with van der Waals surface area (Å²) in [7, 11) is -4.27. The Morgan fingerprint density at radius 2 is 1.95 bits per heavy atom. The lowest BCUT2D eigenvalue weighted by molar-refractivity contribution is -0.106. The Bertz CT molecular complexity index is 650. The highest BCUT2D eigenvalue weighted by Gasteiger charge is 2.27. The highest BCUT2D eigenvalue weighted by Crippen LogP contribution is 2.31. The molecule has 0 bridgehead atoms. The first kappa shape index (κ1) is 16.2. The molecular formula is C14H16NO4S2-. The van der Waals surface area contributed by atoms with Gasteiger partial charge in [-0.15, -0.1) is 0 Å². The number of benzene rings is 1. The van der Waals surface area contributed by atoms with Gasteiger partial charge < -0.3 is 9.87 Å². The number of aryl methyl sites for hydroxylation is 1. The molecule has 0 amide bonds. The van der Waals surface area contributed by atoms with Gasteiger partial charge in [0.05, 0.1) is 4.90 Å². The van der Waals surface area contributed by atoms with Crippen molar-refractivity contribution in [1.82, 2.24) is 5.32 Å². The van der Waals surface area contributed by atoms with Crippen LogP contribution in [-0.2, 0) is 14.9 Å². The van der Waals surface area contributed by atoms with Crippen molar-refractivity contribution >= 4 is 27.0 Å². The lowest BCUT2D eigenvalue weighted by Gasteiger charge is -2.19. The Balaban J connectivity index is 0.000000154. The van der Waals surface area contributed by atoms with Gasteiger partial charge >= 0.3 is 0 Å². The Morgan fingerprint density at radius 3 is 2.52 bits per heavy atom. The van der Waals surface area contributed by atoms with Gasteiger partial charge in [-0.05, 0) is 43.7 Å². The molecule has 0 aromatic heterocycles. The third-order valence-electron chi connectivity index (χ3n) is 3.20. The van der Waals surface area contributed by atoms with Crippen LogP contribution < -0.4 is 5.32 Å². The number of nitrogens with one attached hydrogen (secondary N) is 1. The molecule has 0 aliphatic carbocycles.